The van der Waals surface area contributed by atoms with E-state index >= 15 is 0 Å². The van der Waals surface area contributed by atoms with Gasteiger partial charge in [0.05, 0.1) is 0 Å². The first-order chi connectivity index (χ1) is 21.5. The molecule has 44 heavy (non-hydrogen) atoms. The molecule has 0 saturated carbocycles. The number of carbonyl (C=O) groups is 3. The van der Waals surface area contributed by atoms with E-state index in [2.05, 4.69) is 20.8 Å². The van der Waals surface area contributed by atoms with Crippen LogP contribution in [0.3, 0.4) is 0 Å². The minimum atomic E-state index is -0.754. The van der Waals surface area contributed by atoms with E-state index in [1.165, 1.54) is 103 Å². The molecule has 0 N–H and O–H groups in total. The van der Waals surface area contributed by atoms with Gasteiger partial charge in [0, 0.05) is 19.3 Å². The Morgan fingerprint density at radius 1 is 0.364 bits per heavy atom. The number of carbonyl (C=O) groups excluding carboxylic acids is 3. The number of hydrogen-bond acceptors (Lipinski definition) is 6. The molecule has 0 aromatic heterocycles. The zero-order chi connectivity index (χ0) is 32.4. The van der Waals surface area contributed by atoms with Crippen LogP contribution in [-0.4, -0.2) is 37.2 Å². The SMILES string of the molecule is CCCCCCCCCCCCCC(=O)OC[C@H](COC(=O)CCCCCCC)OC(=O)CCCCCCCCCCCC. The van der Waals surface area contributed by atoms with Gasteiger partial charge < -0.3 is 14.2 Å². The summed E-state index contributed by atoms with van der Waals surface area (Å²) >= 11 is 0. The predicted octanol–water partition coefficient (Wildman–Crippen LogP) is 11.4. The Balaban J connectivity index is 4.27. The summed E-state index contributed by atoms with van der Waals surface area (Å²) in [6.07, 6.45) is 31.1. The van der Waals surface area contributed by atoms with E-state index in [1.54, 1.807) is 0 Å². The molecule has 0 bridgehead atoms. The first-order valence-corrected chi connectivity index (χ1v) is 19.0. The highest BCUT2D eigenvalue weighted by Gasteiger charge is 2.19. The summed E-state index contributed by atoms with van der Waals surface area (Å²) in [4.78, 5) is 37.1. The third kappa shape index (κ3) is 31.8. The molecule has 0 heterocycles. The molecule has 0 unspecified atom stereocenters. The van der Waals surface area contributed by atoms with Gasteiger partial charge in [-0.05, 0) is 19.3 Å². The van der Waals surface area contributed by atoms with Crippen molar-refractivity contribution in [2.75, 3.05) is 13.2 Å². The summed E-state index contributed by atoms with van der Waals surface area (Å²) in [7, 11) is 0. The predicted molar refractivity (Wildman–Crippen MR) is 183 cm³/mol. The van der Waals surface area contributed by atoms with Crippen LogP contribution in [0.4, 0.5) is 0 Å². The van der Waals surface area contributed by atoms with Crippen LogP contribution in [0.15, 0.2) is 0 Å². The van der Waals surface area contributed by atoms with Crippen LogP contribution >= 0.6 is 0 Å². The summed E-state index contributed by atoms with van der Waals surface area (Å²) in [5.74, 6) is -0.880. The van der Waals surface area contributed by atoms with Gasteiger partial charge >= 0.3 is 17.9 Å². The third-order valence-electron chi connectivity index (χ3n) is 8.36. The summed E-state index contributed by atoms with van der Waals surface area (Å²) in [5.41, 5.74) is 0. The molecule has 0 fully saturated rings. The Kier molecular flexibility index (Phi) is 33.0. The molecule has 0 radical (unpaired) electrons. The molecule has 0 aromatic carbocycles. The Hall–Kier alpha value is -1.59. The molecular weight excluding hydrogens is 552 g/mol. The summed E-state index contributed by atoms with van der Waals surface area (Å²) in [6, 6.07) is 0. The number of esters is 3. The van der Waals surface area contributed by atoms with Gasteiger partial charge in [0.2, 0.25) is 0 Å². The van der Waals surface area contributed by atoms with Crippen molar-refractivity contribution in [1.29, 1.82) is 0 Å². The van der Waals surface area contributed by atoms with Crippen LogP contribution in [0.25, 0.3) is 0 Å². The molecule has 0 rings (SSSR count). The molecule has 0 spiro atoms. The van der Waals surface area contributed by atoms with Crippen molar-refractivity contribution in [2.24, 2.45) is 0 Å². The van der Waals surface area contributed by atoms with Crippen LogP contribution in [0, 0.1) is 0 Å². The fraction of sp³-hybridized carbons (Fsp3) is 0.921. The Morgan fingerprint density at radius 2 is 0.614 bits per heavy atom. The first kappa shape index (κ1) is 42.4. The van der Waals surface area contributed by atoms with Crippen molar-refractivity contribution in [3.05, 3.63) is 0 Å². The number of rotatable bonds is 34. The maximum atomic E-state index is 12.5. The van der Waals surface area contributed by atoms with E-state index in [9.17, 15) is 14.4 Å². The van der Waals surface area contributed by atoms with Crippen LogP contribution in [0.5, 0.6) is 0 Å². The highest BCUT2D eigenvalue weighted by Crippen LogP contribution is 2.14. The van der Waals surface area contributed by atoms with Crippen molar-refractivity contribution >= 4 is 17.9 Å². The lowest BCUT2D eigenvalue weighted by molar-refractivity contribution is -0.167. The number of ether oxygens (including phenoxy) is 3. The van der Waals surface area contributed by atoms with E-state index in [4.69, 9.17) is 14.2 Å². The van der Waals surface area contributed by atoms with Gasteiger partial charge in [-0.25, -0.2) is 0 Å². The average molecular weight is 625 g/mol. The van der Waals surface area contributed by atoms with Gasteiger partial charge in [0.15, 0.2) is 6.10 Å². The number of hydrogen-bond donors (Lipinski definition) is 0. The summed E-state index contributed by atoms with van der Waals surface area (Å²) in [6.45, 7) is 6.52. The molecular formula is C38H72O6. The molecule has 260 valence electrons. The van der Waals surface area contributed by atoms with Crippen molar-refractivity contribution < 1.29 is 28.6 Å². The quantitative estimate of drug-likeness (QED) is 0.0402. The molecule has 1 atom stereocenters. The van der Waals surface area contributed by atoms with E-state index in [0.29, 0.717) is 19.3 Å². The van der Waals surface area contributed by atoms with E-state index in [0.717, 1.165) is 64.2 Å². The highest BCUT2D eigenvalue weighted by molar-refractivity contribution is 5.71. The lowest BCUT2D eigenvalue weighted by Gasteiger charge is -2.18. The zero-order valence-electron chi connectivity index (χ0n) is 29.4. The second-order valence-electron chi connectivity index (χ2n) is 12.9. The monoisotopic (exact) mass is 625 g/mol. The second-order valence-corrected chi connectivity index (χ2v) is 12.9. The van der Waals surface area contributed by atoms with Crippen molar-refractivity contribution in [3.8, 4) is 0 Å². The lowest BCUT2D eigenvalue weighted by Crippen LogP contribution is -2.30. The van der Waals surface area contributed by atoms with Gasteiger partial charge in [-0.1, -0.05) is 168 Å². The Morgan fingerprint density at radius 3 is 0.909 bits per heavy atom. The largest absolute Gasteiger partial charge is 0.462 e. The van der Waals surface area contributed by atoms with Crippen LogP contribution in [0.2, 0.25) is 0 Å². The molecule has 6 heteroatoms. The van der Waals surface area contributed by atoms with Gasteiger partial charge in [-0.3, -0.25) is 14.4 Å². The van der Waals surface area contributed by atoms with Gasteiger partial charge in [-0.2, -0.15) is 0 Å². The highest BCUT2D eigenvalue weighted by atomic mass is 16.6. The first-order valence-electron chi connectivity index (χ1n) is 19.0. The van der Waals surface area contributed by atoms with Crippen molar-refractivity contribution in [3.63, 3.8) is 0 Å². The summed E-state index contributed by atoms with van der Waals surface area (Å²) < 4.78 is 16.5. The molecule has 0 aliphatic carbocycles. The van der Waals surface area contributed by atoms with E-state index < -0.39 is 6.10 Å². The summed E-state index contributed by atoms with van der Waals surface area (Å²) in [5, 5.41) is 0. The Bertz CT molecular complexity index is 649. The van der Waals surface area contributed by atoms with Gasteiger partial charge in [0.25, 0.3) is 0 Å². The molecule has 0 aromatic rings. The molecule has 0 aliphatic rings. The number of unbranched alkanes of at least 4 members (excludes halogenated alkanes) is 23. The van der Waals surface area contributed by atoms with Gasteiger partial charge in [-0.15, -0.1) is 0 Å². The second kappa shape index (κ2) is 34.3. The molecule has 0 amide bonds. The molecule has 6 nitrogen and oxygen atoms in total. The third-order valence-corrected chi connectivity index (χ3v) is 8.36. The van der Waals surface area contributed by atoms with E-state index in [1.807, 2.05) is 0 Å². The maximum Gasteiger partial charge on any atom is 0.306 e. The fourth-order valence-electron chi connectivity index (χ4n) is 5.44. The zero-order valence-corrected chi connectivity index (χ0v) is 29.4. The lowest BCUT2D eigenvalue weighted by atomic mass is 10.1. The minimum Gasteiger partial charge on any atom is -0.462 e. The molecule has 0 aliphatic heterocycles. The standard InChI is InChI=1S/C38H72O6/c1-4-7-10-13-15-17-19-21-22-25-28-31-37(40)43-34-35(33-42-36(39)30-27-24-12-9-6-3)44-38(41)32-29-26-23-20-18-16-14-11-8-5-2/h35H,4-34H2,1-3H3/t35-/m0/s1. The Labute approximate surface area is 272 Å². The smallest absolute Gasteiger partial charge is 0.306 e. The normalized spacial score (nSPS) is 11.8. The van der Waals surface area contributed by atoms with Crippen LogP contribution in [-0.2, 0) is 28.6 Å². The molecule has 0 saturated heterocycles. The van der Waals surface area contributed by atoms with Crippen molar-refractivity contribution in [1.82, 2.24) is 0 Å². The fourth-order valence-corrected chi connectivity index (χ4v) is 5.44. The van der Waals surface area contributed by atoms with Crippen LogP contribution < -0.4 is 0 Å². The van der Waals surface area contributed by atoms with E-state index in [-0.39, 0.29) is 31.1 Å². The maximum absolute atomic E-state index is 12.5. The van der Waals surface area contributed by atoms with Crippen LogP contribution in [0.1, 0.15) is 207 Å². The topological polar surface area (TPSA) is 78.9 Å². The van der Waals surface area contributed by atoms with Crippen molar-refractivity contribution in [2.45, 2.75) is 213 Å². The minimum absolute atomic E-state index is 0.0651. The van der Waals surface area contributed by atoms with Gasteiger partial charge in [0.1, 0.15) is 13.2 Å². The average Bonchev–Trinajstić information content (AvgIpc) is 3.02.